The Hall–Kier alpha value is -4.64. The maximum atomic E-state index is 14.3. The van der Waals surface area contributed by atoms with Crippen LogP contribution in [-0.4, -0.2) is 110 Å². The number of nitrogens with one attached hydrogen (secondary N) is 1. The molecule has 2 aromatic heterocycles. The maximum absolute atomic E-state index is 14.3. The van der Waals surface area contributed by atoms with Crippen LogP contribution >= 0.6 is 0 Å². The number of amides is 2. The number of halogens is 6. The predicted octanol–water partition coefficient (Wildman–Crippen LogP) is 5.68. The summed E-state index contributed by atoms with van der Waals surface area (Å²) >= 11 is 0. The van der Waals surface area contributed by atoms with Gasteiger partial charge in [0.2, 0.25) is 11.8 Å². The number of para-hydroxylation sites is 1. The Labute approximate surface area is 324 Å². The standard InChI is InChI=1S/C40H46F6N8O3/c1-50-26-6-7-27(50)21-28(20-26)51-12-14-53(15-13-51)37(56)24(16-23-17-30(39(41,42)43)35(47)31(18-23)40(44,45)46)19-34(55)52-10-8-25(9-11-52)54-33-22-48-32-5-3-2-4-29(32)36(33)49-38(54)57/h2-5,17-18,22,24-28H,6-16,19-21,47H2,1H3,(H,49,57)/t24-,26?,27?,28?/m0/s1. The van der Waals surface area contributed by atoms with E-state index in [2.05, 4.69) is 26.8 Å². The van der Waals surface area contributed by atoms with Crippen molar-refractivity contribution >= 4 is 39.4 Å². The van der Waals surface area contributed by atoms with Crippen LogP contribution in [0.3, 0.4) is 0 Å². The van der Waals surface area contributed by atoms with Crippen LogP contribution in [0.25, 0.3) is 21.9 Å². The summed E-state index contributed by atoms with van der Waals surface area (Å²) in [6.07, 6.45) is -4.41. The first kappa shape index (κ1) is 39.2. The van der Waals surface area contributed by atoms with Crippen LogP contribution in [0.15, 0.2) is 47.4 Å². The highest BCUT2D eigenvalue weighted by atomic mass is 19.4. The van der Waals surface area contributed by atoms with Crippen molar-refractivity contribution in [3.63, 3.8) is 0 Å². The molecule has 8 rings (SSSR count). The third-order valence-corrected chi connectivity index (χ3v) is 13.0. The number of likely N-dealkylation sites (tertiary alicyclic amines) is 1. The number of nitrogen functional groups attached to an aromatic ring is 1. The molecule has 17 heteroatoms. The van der Waals surface area contributed by atoms with E-state index >= 15 is 0 Å². The zero-order valence-electron chi connectivity index (χ0n) is 31.6. The fourth-order valence-corrected chi connectivity index (χ4v) is 9.88. The molecule has 4 aromatic rings. The van der Waals surface area contributed by atoms with E-state index in [4.69, 9.17) is 5.73 Å². The van der Waals surface area contributed by atoms with Crippen LogP contribution in [0.1, 0.15) is 67.7 Å². The molecule has 2 bridgehead atoms. The van der Waals surface area contributed by atoms with Gasteiger partial charge in [-0.25, -0.2) is 4.79 Å². The second-order valence-electron chi connectivity index (χ2n) is 16.2. The van der Waals surface area contributed by atoms with Gasteiger partial charge in [-0.15, -0.1) is 0 Å². The molecule has 0 aliphatic carbocycles. The van der Waals surface area contributed by atoms with Crippen LogP contribution in [0.4, 0.5) is 32.0 Å². The quantitative estimate of drug-likeness (QED) is 0.182. The number of anilines is 1. The zero-order valence-corrected chi connectivity index (χ0v) is 31.6. The normalized spacial score (nSPS) is 23.5. The van der Waals surface area contributed by atoms with Crippen molar-refractivity contribution in [1.29, 1.82) is 0 Å². The number of pyridine rings is 1. The average molecular weight is 801 g/mol. The Morgan fingerprint density at radius 2 is 1.46 bits per heavy atom. The number of hydrogen-bond donors (Lipinski definition) is 2. The average Bonchev–Trinajstić information content (AvgIpc) is 3.60. The molecule has 11 nitrogen and oxygen atoms in total. The minimum atomic E-state index is -5.18. The Morgan fingerprint density at radius 1 is 0.842 bits per heavy atom. The lowest BCUT2D eigenvalue weighted by Crippen LogP contribution is -2.56. The molecule has 0 saturated carbocycles. The number of hydrogen-bond acceptors (Lipinski definition) is 7. The molecule has 0 radical (unpaired) electrons. The van der Waals surface area contributed by atoms with Gasteiger partial charge in [-0.2, -0.15) is 26.3 Å². The smallest absolute Gasteiger partial charge is 0.398 e. The van der Waals surface area contributed by atoms with E-state index in [0.717, 1.165) is 36.6 Å². The first-order valence-corrected chi connectivity index (χ1v) is 19.6. The van der Waals surface area contributed by atoms with Crippen molar-refractivity contribution in [3.05, 3.63) is 69.8 Å². The molecular weight excluding hydrogens is 754 g/mol. The van der Waals surface area contributed by atoms with Gasteiger partial charge < -0.3 is 25.4 Å². The Balaban J connectivity index is 1.00. The maximum Gasteiger partial charge on any atom is 0.418 e. The van der Waals surface area contributed by atoms with E-state index in [1.807, 2.05) is 24.3 Å². The SMILES string of the molecule is CN1C2CCC1CC(N1CCN(C(=O)[C@H](CC(=O)N3CCC(n4c(=O)[nH]c5c6ccccc6ncc54)CC3)Cc3cc(C(F)(F)F)c(N)c(C(F)(F)F)c3)CC1)C2. The van der Waals surface area contributed by atoms with Crippen LogP contribution in [-0.2, 0) is 28.4 Å². The summed E-state index contributed by atoms with van der Waals surface area (Å²) in [6.45, 7) is 2.32. The Morgan fingerprint density at radius 3 is 2.07 bits per heavy atom. The predicted molar refractivity (Wildman–Crippen MR) is 201 cm³/mol. The highest BCUT2D eigenvalue weighted by Gasteiger charge is 2.43. The number of aromatic amines is 1. The van der Waals surface area contributed by atoms with Gasteiger partial charge in [-0.1, -0.05) is 18.2 Å². The van der Waals surface area contributed by atoms with Crippen molar-refractivity contribution in [2.75, 3.05) is 52.0 Å². The molecule has 4 aliphatic heterocycles. The third-order valence-electron chi connectivity index (χ3n) is 13.0. The van der Waals surface area contributed by atoms with Crippen molar-refractivity contribution in [2.24, 2.45) is 5.92 Å². The minimum Gasteiger partial charge on any atom is -0.398 e. The number of nitrogens with two attached hydrogens (primary N) is 1. The van der Waals surface area contributed by atoms with Gasteiger partial charge in [0.15, 0.2) is 0 Å². The molecule has 3 atom stereocenters. The van der Waals surface area contributed by atoms with Crippen LogP contribution in [0.2, 0.25) is 0 Å². The highest BCUT2D eigenvalue weighted by Crippen LogP contribution is 2.43. The number of H-pyrrole nitrogens is 1. The van der Waals surface area contributed by atoms with Gasteiger partial charge in [-0.05, 0) is 75.8 Å². The number of aromatic nitrogens is 3. The number of carbonyl (C=O) groups excluding carboxylic acids is 2. The summed E-state index contributed by atoms with van der Waals surface area (Å²) < 4.78 is 85.6. The molecule has 0 spiro atoms. The molecule has 4 saturated heterocycles. The highest BCUT2D eigenvalue weighted by molar-refractivity contribution is 6.01. The molecule has 57 heavy (non-hydrogen) atoms. The van der Waals surface area contributed by atoms with Gasteiger partial charge in [0.1, 0.15) is 0 Å². The molecule has 2 aromatic carbocycles. The third kappa shape index (κ3) is 7.59. The van der Waals surface area contributed by atoms with E-state index in [0.29, 0.717) is 80.3 Å². The van der Waals surface area contributed by atoms with Crippen LogP contribution in [0.5, 0.6) is 0 Å². The number of fused-ring (bicyclic) bond motifs is 5. The van der Waals surface area contributed by atoms with Gasteiger partial charge in [0.05, 0.1) is 45.5 Å². The second kappa shape index (κ2) is 14.9. The van der Waals surface area contributed by atoms with E-state index in [1.165, 1.54) is 0 Å². The lowest BCUT2D eigenvalue weighted by atomic mass is 9.90. The van der Waals surface area contributed by atoms with E-state index in [-0.39, 0.29) is 30.4 Å². The minimum absolute atomic E-state index is 0.236. The monoisotopic (exact) mass is 800 g/mol. The second-order valence-corrected chi connectivity index (χ2v) is 16.2. The van der Waals surface area contributed by atoms with Gasteiger partial charge in [0.25, 0.3) is 0 Å². The number of nitrogens with zero attached hydrogens (tertiary/aromatic N) is 6. The van der Waals surface area contributed by atoms with Crippen LogP contribution in [0, 0.1) is 5.92 Å². The first-order chi connectivity index (χ1) is 27.1. The molecule has 6 heterocycles. The number of rotatable bonds is 7. The number of benzene rings is 2. The summed E-state index contributed by atoms with van der Waals surface area (Å²) in [5.74, 6) is -2.14. The lowest BCUT2D eigenvalue weighted by molar-refractivity contribution is -0.143. The molecule has 3 N–H and O–H groups in total. The van der Waals surface area contributed by atoms with Gasteiger partial charge in [-0.3, -0.25) is 24.0 Å². The molecule has 306 valence electrons. The number of piperidine rings is 2. The summed E-state index contributed by atoms with van der Waals surface area (Å²) in [5, 5.41) is 0.801. The van der Waals surface area contributed by atoms with E-state index < -0.39 is 59.7 Å². The summed E-state index contributed by atoms with van der Waals surface area (Å²) in [4.78, 5) is 56.8. The number of imidazole rings is 1. The molecule has 2 unspecified atom stereocenters. The van der Waals surface area contributed by atoms with Crippen molar-refractivity contribution in [2.45, 2.75) is 87.9 Å². The molecular formula is C40H46F6N8O3. The Kier molecular flexibility index (Phi) is 10.3. The van der Waals surface area contributed by atoms with Gasteiger partial charge in [0, 0.05) is 75.2 Å². The summed E-state index contributed by atoms with van der Waals surface area (Å²) in [5.41, 5.74) is 2.06. The van der Waals surface area contributed by atoms with Crippen molar-refractivity contribution < 1.29 is 35.9 Å². The number of carbonyl (C=O) groups is 2. The topological polar surface area (TPSA) is 124 Å². The molecule has 4 aliphatic rings. The largest absolute Gasteiger partial charge is 0.418 e. The van der Waals surface area contributed by atoms with Crippen molar-refractivity contribution in [3.8, 4) is 0 Å². The summed E-state index contributed by atoms with van der Waals surface area (Å²) in [7, 11) is 2.17. The fourth-order valence-electron chi connectivity index (χ4n) is 9.88. The fraction of sp³-hybridized carbons (Fsp3) is 0.550. The van der Waals surface area contributed by atoms with E-state index in [9.17, 15) is 40.7 Å². The van der Waals surface area contributed by atoms with E-state index in [1.54, 1.807) is 20.6 Å². The molecule has 2 amide bonds. The number of piperazine rings is 1. The lowest BCUT2D eigenvalue weighted by Gasteiger charge is -2.45. The molecule has 4 fully saturated rings. The first-order valence-electron chi connectivity index (χ1n) is 19.6. The zero-order chi connectivity index (χ0) is 40.4. The van der Waals surface area contributed by atoms with Crippen LogP contribution < -0.4 is 11.4 Å². The van der Waals surface area contributed by atoms with Crippen molar-refractivity contribution in [1.82, 2.24) is 34.1 Å². The summed E-state index contributed by atoms with van der Waals surface area (Å²) in [6, 6.07) is 9.73. The number of alkyl halides is 6. The van der Waals surface area contributed by atoms with Gasteiger partial charge >= 0.3 is 18.0 Å². The Bertz CT molecular complexity index is 2170.